The summed E-state index contributed by atoms with van der Waals surface area (Å²) in [5.41, 5.74) is -0.0859. The van der Waals surface area contributed by atoms with Crippen molar-refractivity contribution >= 4 is 17.1 Å². The number of hydrogen-bond acceptors (Lipinski definition) is 7. The average Bonchev–Trinajstić information content (AvgIpc) is 3.15. The van der Waals surface area contributed by atoms with Crippen molar-refractivity contribution in [2.75, 3.05) is 6.61 Å². The standard InChI is InChI=1S/C23H22N4O6/c1-14-7-6-10-17(11-14)32-13-16(28)12-27-18-19(26(2)22(31)25-20(18)29)24-23(27)33-21(30)15-8-4-3-5-9-15/h3-11,16,28H,12-13H2,1-2H3,(H,25,29,31). The van der Waals surface area contributed by atoms with Gasteiger partial charge in [-0.3, -0.25) is 18.9 Å². The van der Waals surface area contributed by atoms with Crippen LogP contribution in [0.3, 0.4) is 0 Å². The molecule has 2 N–H and O–H groups in total. The maximum absolute atomic E-state index is 12.6. The highest BCUT2D eigenvalue weighted by Gasteiger charge is 2.23. The van der Waals surface area contributed by atoms with Crippen molar-refractivity contribution in [1.29, 1.82) is 0 Å². The molecule has 33 heavy (non-hydrogen) atoms. The Bertz CT molecular complexity index is 1420. The Hall–Kier alpha value is -4.18. The van der Waals surface area contributed by atoms with E-state index in [4.69, 9.17) is 9.47 Å². The van der Waals surface area contributed by atoms with Crippen LogP contribution in [0, 0.1) is 6.92 Å². The number of aliphatic hydroxyl groups excluding tert-OH is 1. The third kappa shape index (κ3) is 4.70. The number of benzene rings is 2. The SMILES string of the molecule is Cc1cccc(OCC(O)Cn2c(OC(=O)c3ccccc3)nc3c2c(=O)[nH]c(=O)n3C)c1. The number of fused-ring (bicyclic) bond motifs is 1. The zero-order valence-electron chi connectivity index (χ0n) is 18.0. The van der Waals surface area contributed by atoms with E-state index < -0.39 is 23.3 Å². The number of aliphatic hydroxyl groups is 1. The first-order chi connectivity index (χ1) is 15.8. The molecule has 0 saturated carbocycles. The predicted octanol–water partition coefficient (Wildman–Crippen LogP) is 1.39. The summed E-state index contributed by atoms with van der Waals surface area (Å²) in [5, 5.41) is 10.6. The van der Waals surface area contributed by atoms with Crippen LogP contribution in [0.5, 0.6) is 11.8 Å². The molecule has 1 unspecified atom stereocenters. The average molecular weight is 450 g/mol. The van der Waals surface area contributed by atoms with Gasteiger partial charge in [-0.25, -0.2) is 9.59 Å². The van der Waals surface area contributed by atoms with Crippen molar-refractivity contribution in [3.8, 4) is 11.8 Å². The molecule has 0 saturated heterocycles. The lowest BCUT2D eigenvalue weighted by atomic mass is 10.2. The lowest BCUT2D eigenvalue weighted by Crippen LogP contribution is -2.30. The molecule has 0 amide bonds. The minimum absolute atomic E-state index is 0.0115. The molecule has 4 rings (SSSR count). The van der Waals surface area contributed by atoms with Crippen LogP contribution in [-0.4, -0.2) is 42.9 Å². The van der Waals surface area contributed by atoms with Crippen molar-refractivity contribution in [1.82, 2.24) is 19.1 Å². The molecular weight excluding hydrogens is 428 g/mol. The number of H-pyrrole nitrogens is 1. The van der Waals surface area contributed by atoms with Crippen LogP contribution in [0.4, 0.5) is 0 Å². The van der Waals surface area contributed by atoms with Gasteiger partial charge in [0.15, 0.2) is 11.2 Å². The number of rotatable bonds is 7. The van der Waals surface area contributed by atoms with E-state index in [0.717, 1.165) is 10.1 Å². The molecule has 0 aliphatic carbocycles. The predicted molar refractivity (Wildman–Crippen MR) is 120 cm³/mol. The summed E-state index contributed by atoms with van der Waals surface area (Å²) in [6.45, 7) is 1.67. The molecule has 4 aromatic rings. The summed E-state index contributed by atoms with van der Waals surface area (Å²) in [6.07, 6.45) is -1.08. The molecule has 1 atom stereocenters. The fourth-order valence-electron chi connectivity index (χ4n) is 3.34. The number of esters is 1. The maximum Gasteiger partial charge on any atom is 0.345 e. The number of nitrogens with one attached hydrogen (secondary N) is 1. The van der Waals surface area contributed by atoms with E-state index in [1.54, 1.807) is 36.4 Å². The molecule has 0 aliphatic heterocycles. The third-order valence-corrected chi connectivity index (χ3v) is 4.99. The van der Waals surface area contributed by atoms with Crippen LogP contribution in [-0.2, 0) is 13.6 Å². The van der Waals surface area contributed by atoms with Gasteiger partial charge in [-0.2, -0.15) is 4.98 Å². The van der Waals surface area contributed by atoms with Crippen LogP contribution in [0.1, 0.15) is 15.9 Å². The molecule has 2 heterocycles. The van der Waals surface area contributed by atoms with E-state index in [1.165, 1.54) is 11.6 Å². The van der Waals surface area contributed by atoms with Crippen LogP contribution in [0.15, 0.2) is 64.2 Å². The highest BCUT2D eigenvalue weighted by atomic mass is 16.6. The highest BCUT2D eigenvalue weighted by Crippen LogP contribution is 2.20. The third-order valence-electron chi connectivity index (χ3n) is 4.99. The Kier molecular flexibility index (Phi) is 6.09. The van der Waals surface area contributed by atoms with Gasteiger partial charge in [0, 0.05) is 7.05 Å². The minimum atomic E-state index is -1.08. The van der Waals surface area contributed by atoms with Gasteiger partial charge in [-0.1, -0.05) is 30.3 Å². The van der Waals surface area contributed by atoms with Crippen molar-refractivity contribution in [2.24, 2.45) is 7.05 Å². The second kappa shape index (κ2) is 9.13. The molecule has 170 valence electrons. The summed E-state index contributed by atoms with van der Waals surface area (Å²) >= 11 is 0. The lowest BCUT2D eigenvalue weighted by molar-refractivity contribution is 0.0684. The van der Waals surface area contributed by atoms with Gasteiger partial charge in [0.1, 0.15) is 18.5 Å². The number of imidazole rings is 1. The van der Waals surface area contributed by atoms with Gasteiger partial charge in [0.05, 0.1) is 12.1 Å². The van der Waals surface area contributed by atoms with E-state index >= 15 is 0 Å². The van der Waals surface area contributed by atoms with E-state index in [1.807, 2.05) is 25.1 Å². The van der Waals surface area contributed by atoms with Crippen molar-refractivity contribution in [3.05, 3.63) is 86.6 Å². The minimum Gasteiger partial charge on any atom is -0.491 e. The summed E-state index contributed by atoms with van der Waals surface area (Å²) in [5.74, 6) is -0.111. The number of aromatic amines is 1. The normalized spacial score (nSPS) is 12.0. The summed E-state index contributed by atoms with van der Waals surface area (Å²) in [7, 11) is 1.43. The molecule has 0 radical (unpaired) electrons. The molecule has 0 spiro atoms. The monoisotopic (exact) mass is 450 g/mol. The molecular formula is C23H22N4O6. The maximum atomic E-state index is 12.6. The first-order valence-corrected chi connectivity index (χ1v) is 10.2. The highest BCUT2D eigenvalue weighted by molar-refractivity contribution is 5.91. The van der Waals surface area contributed by atoms with Crippen molar-refractivity contribution in [2.45, 2.75) is 19.6 Å². The lowest BCUT2D eigenvalue weighted by Gasteiger charge is -2.15. The van der Waals surface area contributed by atoms with Crippen LogP contribution in [0.25, 0.3) is 11.2 Å². The molecule has 0 bridgehead atoms. The van der Waals surface area contributed by atoms with Crippen molar-refractivity contribution < 1.29 is 19.4 Å². The zero-order valence-corrected chi connectivity index (χ0v) is 18.0. The molecule has 10 nitrogen and oxygen atoms in total. The van der Waals surface area contributed by atoms with Gasteiger partial charge >= 0.3 is 17.7 Å². The number of nitrogens with zero attached hydrogens (tertiary/aromatic N) is 3. The van der Waals surface area contributed by atoms with Gasteiger partial charge in [0.2, 0.25) is 0 Å². The number of carbonyl (C=O) groups excluding carboxylic acids is 1. The van der Waals surface area contributed by atoms with Gasteiger partial charge in [-0.05, 0) is 36.8 Å². The molecule has 0 aliphatic rings. The summed E-state index contributed by atoms with van der Waals surface area (Å²) < 4.78 is 13.5. The first kappa shape index (κ1) is 22.0. The topological polar surface area (TPSA) is 128 Å². The van der Waals surface area contributed by atoms with Crippen LogP contribution < -0.4 is 20.7 Å². The quantitative estimate of drug-likeness (QED) is 0.407. The fraction of sp³-hybridized carbons (Fsp3) is 0.217. The van der Waals surface area contributed by atoms with E-state index in [9.17, 15) is 19.5 Å². The largest absolute Gasteiger partial charge is 0.491 e. The Labute approximate surface area is 187 Å². The number of aryl methyl sites for hydroxylation is 2. The van der Waals surface area contributed by atoms with E-state index in [2.05, 4.69) is 9.97 Å². The number of hydrogen-bond donors (Lipinski definition) is 2. The Morgan fingerprint density at radius 1 is 1.15 bits per heavy atom. The Balaban J connectivity index is 1.66. The van der Waals surface area contributed by atoms with E-state index in [-0.39, 0.29) is 35.9 Å². The molecule has 10 heteroatoms. The Morgan fingerprint density at radius 2 is 1.91 bits per heavy atom. The number of carbonyl (C=O) groups is 1. The molecule has 0 fully saturated rings. The Morgan fingerprint density at radius 3 is 2.64 bits per heavy atom. The summed E-state index contributed by atoms with van der Waals surface area (Å²) in [6, 6.07) is 15.4. The summed E-state index contributed by atoms with van der Waals surface area (Å²) in [4.78, 5) is 43.5. The zero-order chi connectivity index (χ0) is 23.5. The second-order valence-electron chi connectivity index (χ2n) is 7.53. The fourth-order valence-corrected chi connectivity index (χ4v) is 3.34. The molecule has 2 aromatic carbocycles. The van der Waals surface area contributed by atoms with Gasteiger partial charge in [0.25, 0.3) is 5.56 Å². The number of aromatic nitrogens is 4. The smallest absolute Gasteiger partial charge is 0.345 e. The number of ether oxygens (including phenoxy) is 2. The van der Waals surface area contributed by atoms with Crippen LogP contribution >= 0.6 is 0 Å². The first-order valence-electron chi connectivity index (χ1n) is 10.2. The van der Waals surface area contributed by atoms with Crippen LogP contribution in [0.2, 0.25) is 0 Å². The van der Waals surface area contributed by atoms with Crippen molar-refractivity contribution in [3.63, 3.8) is 0 Å². The van der Waals surface area contributed by atoms with Gasteiger partial charge < -0.3 is 14.6 Å². The van der Waals surface area contributed by atoms with E-state index in [0.29, 0.717) is 5.75 Å². The van der Waals surface area contributed by atoms with Gasteiger partial charge in [-0.15, -0.1) is 0 Å². The molecule has 2 aromatic heterocycles. The second-order valence-corrected chi connectivity index (χ2v) is 7.53.